The molecule has 5 nitrogen and oxygen atoms in total. The van der Waals surface area contributed by atoms with Gasteiger partial charge in [0.25, 0.3) is 0 Å². The van der Waals surface area contributed by atoms with Gasteiger partial charge in [0.15, 0.2) is 0 Å². The van der Waals surface area contributed by atoms with E-state index in [0.717, 1.165) is 44.2 Å². The van der Waals surface area contributed by atoms with E-state index in [-0.39, 0.29) is 11.7 Å². The molecule has 0 heterocycles. The molecule has 4 fully saturated rings. The molecule has 0 aliphatic heterocycles. The second-order valence-corrected chi connectivity index (χ2v) is 8.77. The molecule has 5 heteroatoms. The second-order valence-electron chi connectivity index (χ2n) is 8.77. The number of amides is 1. The minimum Gasteiger partial charge on any atom is -0.508 e. The maximum Gasteiger partial charge on any atom is 0.309 e. The third-order valence-electron chi connectivity index (χ3n) is 6.78. The van der Waals surface area contributed by atoms with Crippen LogP contribution in [-0.4, -0.2) is 27.6 Å². The van der Waals surface area contributed by atoms with Crippen molar-refractivity contribution < 1.29 is 19.8 Å². The number of rotatable bonds is 5. The van der Waals surface area contributed by atoms with Gasteiger partial charge in [-0.3, -0.25) is 9.59 Å². The molecular formula is C21H27NO4. The quantitative estimate of drug-likeness (QED) is 0.836. The Morgan fingerprint density at radius 2 is 1.73 bits per heavy atom. The fourth-order valence-electron chi connectivity index (χ4n) is 6.34. The summed E-state index contributed by atoms with van der Waals surface area (Å²) in [7, 11) is 0. The van der Waals surface area contributed by atoms with Crippen LogP contribution in [0.3, 0.4) is 0 Å². The van der Waals surface area contributed by atoms with E-state index in [1.165, 1.54) is 0 Å². The Balaban J connectivity index is 1.78. The van der Waals surface area contributed by atoms with Crippen LogP contribution in [-0.2, 0) is 9.59 Å². The Bertz CT molecular complexity index is 712. The van der Waals surface area contributed by atoms with Crippen molar-refractivity contribution in [2.45, 2.75) is 63.8 Å². The van der Waals surface area contributed by atoms with Crippen molar-refractivity contribution in [2.24, 2.45) is 17.3 Å². The Morgan fingerprint density at radius 1 is 1.12 bits per heavy atom. The van der Waals surface area contributed by atoms with E-state index in [9.17, 15) is 19.8 Å². The molecular weight excluding hydrogens is 330 g/mol. The van der Waals surface area contributed by atoms with Crippen LogP contribution in [0.15, 0.2) is 24.3 Å². The van der Waals surface area contributed by atoms with Crippen LogP contribution >= 0.6 is 0 Å². The average molecular weight is 357 g/mol. The van der Waals surface area contributed by atoms with Gasteiger partial charge >= 0.3 is 5.97 Å². The highest BCUT2D eigenvalue weighted by Crippen LogP contribution is 2.63. The van der Waals surface area contributed by atoms with Gasteiger partial charge in [-0.15, -0.1) is 0 Å². The normalized spacial score (nSPS) is 34.7. The highest BCUT2D eigenvalue weighted by molar-refractivity contribution is 5.95. The standard InChI is InChI=1S/C21H27NO4/c1-2-3-18(24)22(16-4-6-17(23)7-5-16)21-11-14-8-15(12-21)10-20(9-14,13-21)19(25)26/h4-7,14-15,23H,2-3,8-13H2,1H3,(H,25,26). The monoisotopic (exact) mass is 357 g/mol. The fraction of sp³-hybridized carbons (Fsp3) is 0.619. The number of hydrogen-bond acceptors (Lipinski definition) is 3. The average Bonchev–Trinajstić information content (AvgIpc) is 2.55. The van der Waals surface area contributed by atoms with E-state index < -0.39 is 16.9 Å². The summed E-state index contributed by atoms with van der Waals surface area (Å²) in [6.07, 6.45) is 6.18. The first-order valence-electron chi connectivity index (χ1n) is 9.73. The van der Waals surface area contributed by atoms with Crippen molar-refractivity contribution in [2.75, 3.05) is 4.90 Å². The summed E-state index contributed by atoms with van der Waals surface area (Å²) in [6.45, 7) is 1.99. The molecule has 2 N–H and O–H groups in total. The van der Waals surface area contributed by atoms with Crippen molar-refractivity contribution in [3.05, 3.63) is 24.3 Å². The zero-order valence-electron chi connectivity index (χ0n) is 15.3. The largest absolute Gasteiger partial charge is 0.508 e. The fourth-order valence-corrected chi connectivity index (χ4v) is 6.34. The summed E-state index contributed by atoms with van der Waals surface area (Å²) in [4.78, 5) is 27.2. The van der Waals surface area contributed by atoms with Crippen LogP contribution in [0.2, 0.25) is 0 Å². The van der Waals surface area contributed by atoms with Crippen LogP contribution in [0.4, 0.5) is 5.69 Å². The number of phenols is 1. The van der Waals surface area contributed by atoms with Gasteiger partial charge in [0.05, 0.1) is 5.41 Å². The number of phenolic OH excluding ortho intramolecular Hbond substituents is 1. The number of anilines is 1. The van der Waals surface area contributed by atoms with E-state index in [1.54, 1.807) is 24.3 Å². The number of aromatic hydroxyl groups is 1. The number of carbonyl (C=O) groups excluding carboxylic acids is 1. The van der Waals surface area contributed by atoms with Crippen molar-refractivity contribution >= 4 is 17.6 Å². The summed E-state index contributed by atoms with van der Waals surface area (Å²) in [5, 5.41) is 19.6. The highest BCUT2D eigenvalue weighted by atomic mass is 16.4. The Hall–Kier alpha value is -2.04. The number of nitrogens with zero attached hydrogens (tertiary/aromatic N) is 1. The lowest BCUT2D eigenvalue weighted by molar-refractivity contribution is -0.167. The molecule has 1 aromatic carbocycles. The minimum atomic E-state index is -0.690. The van der Waals surface area contributed by atoms with E-state index in [0.29, 0.717) is 24.7 Å². The molecule has 26 heavy (non-hydrogen) atoms. The summed E-state index contributed by atoms with van der Waals surface area (Å²) >= 11 is 0. The first-order chi connectivity index (χ1) is 12.4. The smallest absolute Gasteiger partial charge is 0.309 e. The number of carbonyl (C=O) groups is 2. The van der Waals surface area contributed by atoms with Gasteiger partial charge in [-0.2, -0.15) is 0 Å². The van der Waals surface area contributed by atoms with Crippen LogP contribution in [0.25, 0.3) is 0 Å². The molecule has 0 radical (unpaired) electrons. The molecule has 2 unspecified atom stereocenters. The molecule has 0 saturated heterocycles. The molecule has 4 aliphatic carbocycles. The first-order valence-corrected chi connectivity index (χ1v) is 9.73. The molecule has 1 aromatic rings. The van der Waals surface area contributed by atoms with Crippen LogP contribution in [0.5, 0.6) is 5.75 Å². The molecule has 2 atom stereocenters. The van der Waals surface area contributed by atoms with Crippen LogP contribution < -0.4 is 4.90 Å². The van der Waals surface area contributed by atoms with Gasteiger partial charge in [-0.25, -0.2) is 0 Å². The number of carboxylic acid groups (broad SMARTS) is 1. The number of aliphatic carboxylic acids is 1. The minimum absolute atomic E-state index is 0.0701. The van der Waals surface area contributed by atoms with E-state index in [2.05, 4.69) is 0 Å². The SMILES string of the molecule is CCCC(=O)N(c1ccc(O)cc1)C12CC3CC(CC(C(=O)O)(C3)C1)C2. The van der Waals surface area contributed by atoms with Gasteiger partial charge < -0.3 is 15.1 Å². The number of benzene rings is 1. The second kappa shape index (κ2) is 6.00. The molecule has 0 aromatic heterocycles. The maximum absolute atomic E-state index is 13.1. The summed E-state index contributed by atoms with van der Waals surface area (Å²) in [5.41, 5.74) is -0.291. The summed E-state index contributed by atoms with van der Waals surface area (Å²) < 4.78 is 0. The summed E-state index contributed by atoms with van der Waals surface area (Å²) in [6, 6.07) is 6.79. The van der Waals surface area contributed by atoms with Gasteiger partial charge in [0.2, 0.25) is 5.91 Å². The maximum atomic E-state index is 13.1. The lowest BCUT2D eigenvalue weighted by atomic mass is 9.46. The van der Waals surface area contributed by atoms with Gasteiger partial charge in [-0.1, -0.05) is 6.92 Å². The van der Waals surface area contributed by atoms with Gasteiger partial charge in [0.1, 0.15) is 5.75 Å². The molecule has 0 spiro atoms. The van der Waals surface area contributed by atoms with Gasteiger partial charge in [0, 0.05) is 17.6 Å². The van der Waals surface area contributed by atoms with E-state index >= 15 is 0 Å². The van der Waals surface area contributed by atoms with Crippen molar-refractivity contribution in [1.82, 2.24) is 0 Å². The molecule has 4 saturated carbocycles. The Labute approximate surface area is 154 Å². The predicted molar refractivity (Wildman–Crippen MR) is 98.0 cm³/mol. The third-order valence-corrected chi connectivity index (χ3v) is 6.78. The molecule has 5 rings (SSSR count). The van der Waals surface area contributed by atoms with Crippen molar-refractivity contribution in [3.63, 3.8) is 0 Å². The summed E-state index contributed by atoms with van der Waals surface area (Å²) in [5.74, 6) is 0.331. The molecule has 4 bridgehead atoms. The zero-order valence-corrected chi connectivity index (χ0v) is 15.3. The zero-order chi connectivity index (χ0) is 18.5. The lowest BCUT2D eigenvalue weighted by Crippen LogP contribution is -2.66. The highest BCUT2D eigenvalue weighted by Gasteiger charge is 2.63. The van der Waals surface area contributed by atoms with Crippen molar-refractivity contribution in [3.8, 4) is 5.75 Å². The number of hydrogen-bond donors (Lipinski definition) is 2. The number of carboxylic acids is 1. The molecule has 140 valence electrons. The Morgan fingerprint density at radius 3 is 2.27 bits per heavy atom. The molecule has 1 amide bonds. The predicted octanol–water partition coefficient (Wildman–Crippen LogP) is 3.95. The lowest BCUT2D eigenvalue weighted by Gasteiger charge is -2.63. The van der Waals surface area contributed by atoms with Crippen molar-refractivity contribution in [1.29, 1.82) is 0 Å². The topological polar surface area (TPSA) is 77.8 Å². The Kier molecular flexibility index (Phi) is 4.01. The third kappa shape index (κ3) is 2.60. The van der Waals surface area contributed by atoms with Crippen LogP contribution in [0, 0.1) is 17.3 Å². The first kappa shape index (κ1) is 17.4. The van der Waals surface area contributed by atoms with E-state index in [1.807, 2.05) is 11.8 Å². The molecule has 4 aliphatic rings. The van der Waals surface area contributed by atoms with Gasteiger partial charge in [-0.05, 0) is 81.0 Å². The van der Waals surface area contributed by atoms with E-state index in [4.69, 9.17) is 0 Å². The van der Waals surface area contributed by atoms with Crippen LogP contribution in [0.1, 0.15) is 58.3 Å².